The topological polar surface area (TPSA) is 147 Å². The van der Waals surface area contributed by atoms with Gasteiger partial charge in [0.05, 0.1) is 30.8 Å². The van der Waals surface area contributed by atoms with Gasteiger partial charge in [0, 0.05) is 25.4 Å². The number of aliphatic hydroxyl groups excluding tert-OH is 2. The first-order chi connectivity index (χ1) is 23.9. The highest BCUT2D eigenvalue weighted by Gasteiger charge is 2.35. The van der Waals surface area contributed by atoms with Gasteiger partial charge in [0.1, 0.15) is 24.6 Å². The largest absolute Gasteiger partial charge is 0.492 e. The molecule has 50 heavy (non-hydrogen) atoms. The molecule has 11 heteroatoms. The molecule has 268 valence electrons. The summed E-state index contributed by atoms with van der Waals surface area (Å²) in [6, 6.07) is 23.3. The predicted octanol–water partition coefficient (Wildman–Crippen LogP) is 3.74. The molecule has 1 aliphatic carbocycles. The van der Waals surface area contributed by atoms with E-state index in [-0.39, 0.29) is 24.8 Å². The monoisotopic (exact) mass is 687 g/mol. The smallest absolute Gasteiger partial charge is 0.407 e. The summed E-state index contributed by atoms with van der Waals surface area (Å²) >= 11 is 0. The van der Waals surface area contributed by atoms with E-state index in [4.69, 9.17) is 14.2 Å². The summed E-state index contributed by atoms with van der Waals surface area (Å²) < 4.78 is 16.4. The van der Waals surface area contributed by atoms with Crippen molar-refractivity contribution in [1.29, 1.82) is 0 Å². The fourth-order valence-corrected chi connectivity index (χ4v) is 6.45. The molecular formula is C39H49N3O8. The van der Waals surface area contributed by atoms with Gasteiger partial charge in [-0.3, -0.25) is 14.5 Å². The number of aliphatic hydroxyl groups is 2. The van der Waals surface area contributed by atoms with Crippen LogP contribution in [0, 0.1) is 5.92 Å². The summed E-state index contributed by atoms with van der Waals surface area (Å²) in [5, 5.41) is 28.5. The van der Waals surface area contributed by atoms with Crippen LogP contribution in [0.5, 0.6) is 5.75 Å². The van der Waals surface area contributed by atoms with E-state index < -0.39 is 41.9 Å². The van der Waals surface area contributed by atoms with Gasteiger partial charge >= 0.3 is 12.1 Å². The molecule has 0 saturated carbocycles. The van der Waals surface area contributed by atoms with E-state index in [1.807, 2.05) is 83.8 Å². The average Bonchev–Trinajstić information content (AvgIpc) is 3.38. The number of morpholine rings is 1. The molecule has 3 aromatic carbocycles. The van der Waals surface area contributed by atoms with E-state index in [1.165, 1.54) is 0 Å². The normalized spacial score (nSPS) is 19.4. The molecule has 2 amide bonds. The molecule has 5 rings (SSSR count). The third-order valence-electron chi connectivity index (χ3n) is 8.97. The first-order valence-electron chi connectivity index (χ1n) is 17.3. The van der Waals surface area contributed by atoms with E-state index >= 15 is 0 Å². The lowest BCUT2D eigenvalue weighted by Gasteiger charge is -2.30. The van der Waals surface area contributed by atoms with Crippen molar-refractivity contribution in [2.75, 3.05) is 32.8 Å². The lowest BCUT2D eigenvalue weighted by Crippen LogP contribution is -2.48. The Hall–Kier alpha value is -4.45. The molecule has 0 spiro atoms. The fourth-order valence-electron chi connectivity index (χ4n) is 6.45. The molecule has 1 fully saturated rings. The van der Waals surface area contributed by atoms with Crippen LogP contribution in [0.3, 0.4) is 0 Å². The Morgan fingerprint density at radius 2 is 1.68 bits per heavy atom. The van der Waals surface area contributed by atoms with Crippen molar-refractivity contribution in [3.8, 4) is 5.75 Å². The first-order valence-corrected chi connectivity index (χ1v) is 17.3. The number of amides is 2. The van der Waals surface area contributed by atoms with E-state index in [1.54, 1.807) is 20.8 Å². The van der Waals surface area contributed by atoms with Gasteiger partial charge in [-0.2, -0.15) is 0 Å². The minimum absolute atomic E-state index is 0.0418. The maximum Gasteiger partial charge on any atom is 0.407 e. The van der Waals surface area contributed by atoms with E-state index in [0.29, 0.717) is 51.3 Å². The minimum atomic E-state index is -1.10. The lowest BCUT2D eigenvalue weighted by atomic mass is 9.88. The highest BCUT2D eigenvalue weighted by atomic mass is 16.6. The molecule has 1 saturated heterocycles. The predicted molar refractivity (Wildman–Crippen MR) is 187 cm³/mol. The SMILES string of the molecule is CC(C)(C)OC(=O)NC(Cc1ccccc1)C(O)CC(Cc1ccc(OCCN2CCOC(=O)C2)cc1)C(=O)NC1c2ccccc2CC1O. The number of fused-ring (bicyclic) bond motifs is 1. The summed E-state index contributed by atoms with van der Waals surface area (Å²) in [7, 11) is 0. The fraction of sp³-hybridized carbons (Fsp3) is 0.462. The molecule has 0 aromatic heterocycles. The van der Waals surface area contributed by atoms with Crippen LogP contribution in [0.15, 0.2) is 78.9 Å². The summed E-state index contributed by atoms with van der Waals surface area (Å²) in [6.45, 7) is 7.62. The maximum absolute atomic E-state index is 14.1. The number of hydrogen-bond donors (Lipinski definition) is 4. The van der Waals surface area contributed by atoms with Crippen molar-refractivity contribution >= 4 is 18.0 Å². The van der Waals surface area contributed by atoms with Gasteiger partial charge < -0.3 is 35.1 Å². The van der Waals surface area contributed by atoms with Crippen LogP contribution < -0.4 is 15.4 Å². The van der Waals surface area contributed by atoms with Crippen molar-refractivity contribution < 1.29 is 38.8 Å². The molecular weight excluding hydrogens is 638 g/mol. The molecule has 5 atom stereocenters. The van der Waals surface area contributed by atoms with Crippen molar-refractivity contribution in [1.82, 2.24) is 15.5 Å². The third kappa shape index (κ3) is 10.8. The molecule has 3 aromatic rings. The number of rotatable bonds is 14. The number of cyclic esters (lactones) is 1. The standard InChI is InChI=1S/C39H49N3O8/c1-39(2,3)50-38(47)40-32(22-26-9-5-4-6-10-26)33(43)24-29(37(46)41-36-31-12-8-7-11-28(31)23-34(36)44)21-27-13-15-30(16-14-27)48-19-17-42-18-20-49-35(45)25-42/h4-16,29,32-34,36,43-44H,17-25H2,1-3H3,(H,40,47)(H,41,46). The molecule has 5 unspecified atom stereocenters. The number of nitrogens with zero attached hydrogens (tertiary/aromatic N) is 1. The lowest BCUT2D eigenvalue weighted by molar-refractivity contribution is -0.150. The van der Waals surface area contributed by atoms with Gasteiger partial charge in [-0.25, -0.2) is 4.79 Å². The highest BCUT2D eigenvalue weighted by molar-refractivity contribution is 5.80. The maximum atomic E-state index is 14.1. The molecule has 1 heterocycles. The molecule has 2 aliphatic rings. The minimum Gasteiger partial charge on any atom is -0.492 e. The molecule has 4 N–H and O–H groups in total. The summed E-state index contributed by atoms with van der Waals surface area (Å²) in [5.74, 6) is -0.581. The number of ether oxygens (including phenoxy) is 3. The van der Waals surface area contributed by atoms with Crippen LogP contribution in [0.4, 0.5) is 4.79 Å². The van der Waals surface area contributed by atoms with Crippen LogP contribution in [0.2, 0.25) is 0 Å². The highest BCUT2D eigenvalue weighted by Crippen LogP contribution is 2.32. The van der Waals surface area contributed by atoms with Crippen LogP contribution in [0.1, 0.15) is 55.5 Å². The molecule has 0 radical (unpaired) electrons. The number of esters is 1. The van der Waals surface area contributed by atoms with Crippen molar-refractivity contribution in [3.63, 3.8) is 0 Å². The number of carbonyl (C=O) groups excluding carboxylic acids is 3. The second-order valence-electron chi connectivity index (χ2n) is 14.1. The quantitative estimate of drug-likeness (QED) is 0.186. The van der Waals surface area contributed by atoms with Gasteiger partial charge in [-0.05, 0) is 74.4 Å². The number of hydrogen-bond acceptors (Lipinski definition) is 9. The summed E-state index contributed by atoms with van der Waals surface area (Å²) in [6.07, 6.45) is -1.41. The van der Waals surface area contributed by atoms with Gasteiger partial charge in [0.25, 0.3) is 0 Å². The van der Waals surface area contributed by atoms with Crippen LogP contribution in [0.25, 0.3) is 0 Å². The Labute approximate surface area is 293 Å². The van der Waals surface area contributed by atoms with Crippen LogP contribution in [-0.4, -0.2) is 89.8 Å². The van der Waals surface area contributed by atoms with Crippen molar-refractivity contribution in [2.24, 2.45) is 5.92 Å². The van der Waals surface area contributed by atoms with Gasteiger partial charge in [-0.1, -0.05) is 66.7 Å². The summed E-state index contributed by atoms with van der Waals surface area (Å²) in [5.41, 5.74) is 2.90. The zero-order chi connectivity index (χ0) is 35.7. The van der Waals surface area contributed by atoms with Crippen LogP contribution in [-0.2, 0) is 38.3 Å². The molecule has 1 aliphatic heterocycles. The number of nitrogens with one attached hydrogen (secondary N) is 2. The van der Waals surface area contributed by atoms with Crippen LogP contribution >= 0.6 is 0 Å². The number of alkyl carbamates (subject to hydrolysis) is 1. The third-order valence-corrected chi connectivity index (χ3v) is 8.97. The second kappa shape index (κ2) is 17.0. The van der Waals surface area contributed by atoms with Crippen molar-refractivity contribution in [3.05, 3.63) is 101 Å². The summed E-state index contributed by atoms with van der Waals surface area (Å²) in [4.78, 5) is 40.5. The van der Waals surface area contributed by atoms with Crippen molar-refractivity contribution in [2.45, 2.75) is 76.3 Å². The van der Waals surface area contributed by atoms with Gasteiger partial charge in [0.15, 0.2) is 0 Å². The number of benzene rings is 3. The Morgan fingerprint density at radius 3 is 2.40 bits per heavy atom. The Kier molecular flexibility index (Phi) is 12.5. The number of carbonyl (C=O) groups is 3. The molecule has 0 bridgehead atoms. The second-order valence-corrected chi connectivity index (χ2v) is 14.1. The Balaban J connectivity index is 1.30. The molecule has 11 nitrogen and oxygen atoms in total. The van der Waals surface area contributed by atoms with E-state index in [2.05, 4.69) is 10.6 Å². The van der Waals surface area contributed by atoms with E-state index in [9.17, 15) is 24.6 Å². The van der Waals surface area contributed by atoms with E-state index in [0.717, 1.165) is 22.3 Å². The average molecular weight is 688 g/mol. The zero-order valence-corrected chi connectivity index (χ0v) is 29.0. The van der Waals surface area contributed by atoms with Gasteiger partial charge in [0.2, 0.25) is 5.91 Å². The zero-order valence-electron chi connectivity index (χ0n) is 29.0. The Bertz CT molecular complexity index is 1580. The Morgan fingerprint density at radius 1 is 0.980 bits per heavy atom. The first kappa shape index (κ1) is 36.8. The van der Waals surface area contributed by atoms with Gasteiger partial charge in [-0.15, -0.1) is 0 Å².